The van der Waals surface area contributed by atoms with Crippen LogP contribution in [0.15, 0.2) is 48.5 Å². The molecule has 2 amide bonds. The van der Waals surface area contributed by atoms with E-state index in [0.29, 0.717) is 12.1 Å². The van der Waals surface area contributed by atoms with Gasteiger partial charge in [0, 0.05) is 12.6 Å². The summed E-state index contributed by atoms with van der Waals surface area (Å²) in [7, 11) is -3.73. The molecule has 0 saturated carbocycles. The van der Waals surface area contributed by atoms with Crippen LogP contribution >= 0.6 is 0 Å². The summed E-state index contributed by atoms with van der Waals surface area (Å²) in [6.07, 6.45) is 2.26. The molecular formula is C26H37N3O4S. The Hall–Kier alpha value is -2.87. The minimum atomic E-state index is -3.73. The van der Waals surface area contributed by atoms with E-state index in [1.165, 1.54) is 4.90 Å². The standard InChI is InChI=1S/C26H37N3O4S/c1-7-21(5)27-26(31)24(8-2)28(17-22-14-10-9-13-20(22)4)25(30)18-29(34(6,32)33)23-15-11-12-19(3)16-23/h9-16,21,24H,7-8,17-18H2,1-6H3,(H,27,31)/t21-,24+/m0/s1. The van der Waals surface area contributed by atoms with Gasteiger partial charge in [-0.1, -0.05) is 50.2 Å². The van der Waals surface area contributed by atoms with Gasteiger partial charge in [-0.3, -0.25) is 13.9 Å². The summed E-state index contributed by atoms with van der Waals surface area (Å²) < 4.78 is 26.4. The molecule has 0 aliphatic heterocycles. The molecule has 2 atom stereocenters. The molecule has 0 unspecified atom stereocenters. The van der Waals surface area contributed by atoms with Crippen LogP contribution < -0.4 is 9.62 Å². The number of nitrogens with one attached hydrogen (secondary N) is 1. The number of nitrogens with zero attached hydrogens (tertiary/aromatic N) is 2. The smallest absolute Gasteiger partial charge is 0.244 e. The highest BCUT2D eigenvalue weighted by Crippen LogP contribution is 2.21. The van der Waals surface area contributed by atoms with Crippen molar-refractivity contribution in [3.8, 4) is 0 Å². The number of carbonyl (C=O) groups excluding carboxylic acids is 2. The van der Waals surface area contributed by atoms with E-state index < -0.39 is 22.0 Å². The van der Waals surface area contributed by atoms with Gasteiger partial charge in [-0.05, 0) is 62.4 Å². The third-order valence-electron chi connectivity index (χ3n) is 5.96. The molecule has 0 saturated heterocycles. The number of hydrogen-bond acceptors (Lipinski definition) is 4. The molecule has 0 aliphatic carbocycles. The Labute approximate surface area is 204 Å². The Morgan fingerprint density at radius 2 is 1.68 bits per heavy atom. The lowest BCUT2D eigenvalue weighted by atomic mass is 10.1. The highest BCUT2D eigenvalue weighted by molar-refractivity contribution is 7.92. The summed E-state index contributed by atoms with van der Waals surface area (Å²) in [4.78, 5) is 28.3. The third-order valence-corrected chi connectivity index (χ3v) is 7.10. The van der Waals surface area contributed by atoms with Crippen molar-refractivity contribution < 1.29 is 18.0 Å². The van der Waals surface area contributed by atoms with Crippen molar-refractivity contribution in [3.63, 3.8) is 0 Å². The fourth-order valence-electron chi connectivity index (χ4n) is 3.73. The fraction of sp³-hybridized carbons (Fsp3) is 0.462. The highest BCUT2D eigenvalue weighted by atomic mass is 32.2. The predicted molar refractivity (Wildman–Crippen MR) is 137 cm³/mol. The number of amides is 2. The molecule has 8 heteroatoms. The lowest BCUT2D eigenvalue weighted by Gasteiger charge is -2.33. The van der Waals surface area contributed by atoms with E-state index in [0.717, 1.165) is 33.7 Å². The largest absolute Gasteiger partial charge is 0.352 e. The van der Waals surface area contributed by atoms with Gasteiger partial charge in [-0.2, -0.15) is 0 Å². The summed E-state index contributed by atoms with van der Waals surface area (Å²) in [5.41, 5.74) is 3.21. The van der Waals surface area contributed by atoms with E-state index in [9.17, 15) is 18.0 Å². The van der Waals surface area contributed by atoms with Gasteiger partial charge in [0.15, 0.2) is 0 Å². The van der Waals surface area contributed by atoms with Crippen molar-refractivity contribution >= 4 is 27.5 Å². The molecule has 186 valence electrons. The maximum absolute atomic E-state index is 13.7. The van der Waals surface area contributed by atoms with Gasteiger partial charge in [-0.25, -0.2) is 8.42 Å². The van der Waals surface area contributed by atoms with Gasteiger partial charge in [0.05, 0.1) is 11.9 Å². The minimum absolute atomic E-state index is 0.0308. The van der Waals surface area contributed by atoms with Crippen molar-refractivity contribution in [3.05, 3.63) is 65.2 Å². The Kier molecular flexibility index (Phi) is 9.67. The fourth-order valence-corrected chi connectivity index (χ4v) is 4.57. The number of sulfonamides is 1. The molecule has 1 N–H and O–H groups in total. The number of rotatable bonds is 11. The first-order valence-electron chi connectivity index (χ1n) is 11.7. The van der Waals surface area contributed by atoms with Crippen LogP contribution in [0.5, 0.6) is 0 Å². The molecule has 2 aromatic carbocycles. The minimum Gasteiger partial charge on any atom is -0.352 e. The van der Waals surface area contributed by atoms with E-state index in [-0.39, 0.29) is 25.0 Å². The summed E-state index contributed by atoms with van der Waals surface area (Å²) in [5.74, 6) is -0.665. The number of carbonyl (C=O) groups is 2. The van der Waals surface area contributed by atoms with Gasteiger partial charge < -0.3 is 10.2 Å². The van der Waals surface area contributed by atoms with Crippen molar-refractivity contribution in [1.82, 2.24) is 10.2 Å². The van der Waals surface area contributed by atoms with Gasteiger partial charge >= 0.3 is 0 Å². The molecule has 0 bridgehead atoms. The molecule has 0 spiro atoms. The zero-order valence-corrected chi connectivity index (χ0v) is 21.9. The zero-order valence-electron chi connectivity index (χ0n) is 21.0. The number of anilines is 1. The average Bonchev–Trinajstić information content (AvgIpc) is 2.77. The van der Waals surface area contributed by atoms with Crippen molar-refractivity contribution in [1.29, 1.82) is 0 Å². The summed E-state index contributed by atoms with van der Waals surface area (Å²) in [5, 5.41) is 2.97. The first-order chi connectivity index (χ1) is 16.0. The summed E-state index contributed by atoms with van der Waals surface area (Å²) in [6, 6.07) is 13.9. The van der Waals surface area contributed by atoms with Crippen LogP contribution in [-0.4, -0.2) is 50.0 Å². The van der Waals surface area contributed by atoms with Crippen LogP contribution in [0, 0.1) is 13.8 Å². The van der Waals surface area contributed by atoms with E-state index in [2.05, 4.69) is 5.32 Å². The quantitative estimate of drug-likeness (QED) is 0.522. The lowest BCUT2D eigenvalue weighted by Crippen LogP contribution is -2.53. The second-order valence-electron chi connectivity index (χ2n) is 8.80. The Morgan fingerprint density at radius 1 is 1.00 bits per heavy atom. The monoisotopic (exact) mass is 487 g/mol. The van der Waals surface area contributed by atoms with Gasteiger partial charge in [-0.15, -0.1) is 0 Å². The lowest BCUT2D eigenvalue weighted by molar-refractivity contribution is -0.140. The third kappa shape index (κ3) is 7.32. The molecular weight excluding hydrogens is 450 g/mol. The zero-order chi connectivity index (χ0) is 25.5. The first-order valence-corrected chi connectivity index (χ1v) is 13.5. The van der Waals surface area contributed by atoms with Crippen molar-refractivity contribution in [2.45, 2.75) is 66.1 Å². The molecule has 0 fully saturated rings. The molecule has 0 heterocycles. The topological polar surface area (TPSA) is 86.8 Å². The summed E-state index contributed by atoms with van der Waals surface area (Å²) >= 11 is 0. The molecule has 0 aromatic heterocycles. The maximum Gasteiger partial charge on any atom is 0.244 e. The van der Waals surface area contributed by atoms with Crippen LogP contribution in [0.4, 0.5) is 5.69 Å². The van der Waals surface area contributed by atoms with E-state index >= 15 is 0 Å². The van der Waals surface area contributed by atoms with Crippen LogP contribution in [0.3, 0.4) is 0 Å². The van der Waals surface area contributed by atoms with Crippen LogP contribution in [-0.2, 0) is 26.2 Å². The highest BCUT2D eigenvalue weighted by Gasteiger charge is 2.32. The number of aryl methyl sites for hydroxylation is 2. The van der Waals surface area contributed by atoms with Gasteiger partial charge in [0.1, 0.15) is 12.6 Å². The Morgan fingerprint density at radius 3 is 2.24 bits per heavy atom. The molecule has 34 heavy (non-hydrogen) atoms. The Balaban J connectivity index is 2.45. The number of benzene rings is 2. The molecule has 7 nitrogen and oxygen atoms in total. The van der Waals surface area contributed by atoms with E-state index in [1.807, 2.05) is 65.0 Å². The molecule has 0 radical (unpaired) electrons. The van der Waals surface area contributed by atoms with Crippen LogP contribution in [0.25, 0.3) is 0 Å². The molecule has 0 aliphatic rings. The predicted octanol–water partition coefficient (Wildman–Crippen LogP) is 3.79. The van der Waals surface area contributed by atoms with Crippen molar-refractivity contribution in [2.75, 3.05) is 17.1 Å². The second kappa shape index (κ2) is 12.0. The molecule has 2 rings (SSSR count). The second-order valence-corrected chi connectivity index (χ2v) is 10.7. The summed E-state index contributed by atoms with van der Waals surface area (Å²) in [6.45, 7) is 9.39. The Bertz CT molecular complexity index is 1100. The number of hydrogen-bond donors (Lipinski definition) is 1. The maximum atomic E-state index is 13.7. The first kappa shape index (κ1) is 27.4. The normalized spacial score (nSPS) is 13.1. The SMILES string of the molecule is CC[C@H](C(=O)N[C@@H](C)CC)N(Cc1ccccc1C)C(=O)CN(c1cccc(C)c1)S(C)(=O)=O. The van der Waals surface area contributed by atoms with Crippen molar-refractivity contribution in [2.24, 2.45) is 0 Å². The van der Waals surface area contributed by atoms with Crippen LogP contribution in [0.1, 0.15) is 50.3 Å². The van der Waals surface area contributed by atoms with E-state index in [4.69, 9.17) is 0 Å². The van der Waals surface area contributed by atoms with E-state index in [1.54, 1.807) is 18.2 Å². The van der Waals surface area contributed by atoms with Gasteiger partial charge in [0.2, 0.25) is 21.8 Å². The average molecular weight is 488 g/mol. The van der Waals surface area contributed by atoms with Gasteiger partial charge in [0.25, 0.3) is 0 Å². The molecule has 2 aromatic rings. The van der Waals surface area contributed by atoms with Crippen LogP contribution in [0.2, 0.25) is 0 Å².